The maximum atomic E-state index is 13.1. The second-order valence-electron chi connectivity index (χ2n) is 7.32. The monoisotopic (exact) mass is 483 g/mol. The molecule has 0 aliphatic carbocycles. The second kappa shape index (κ2) is 8.74. The number of azide groups is 1. The summed E-state index contributed by atoms with van der Waals surface area (Å²) in [5.41, 5.74) is 14.2. The highest BCUT2D eigenvalue weighted by Gasteiger charge is 2.60. The molecule has 16 nitrogen and oxygen atoms in total. The minimum atomic E-state index is -3.94. The molecule has 4 rings (SSSR count). The molecule has 2 aliphatic rings. The number of imidazole rings is 1. The van der Waals surface area contributed by atoms with Crippen LogP contribution in [0.5, 0.6) is 5.88 Å². The molecule has 2 aromatic heterocycles. The third-order valence-corrected chi connectivity index (χ3v) is 6.75. The van der Waals surface area contributed by atoms with E-state index in [2.05, 4.69) is 30.1 Å². The van der Waals surface area contributed by atoms with E-state index in [1.807, 2.05) is 0 Å². The molecule has 2 saturated heterocycles. The molecule has 17 heteroatoms. The number of nitrogens with two attached hydrogens (primary N) is 1. The van der Waals surface area contributed by atoms with Gasteiger partial charge in [0.15, 0.2) is 17.4 Å². The van der Waals surface area contributed by atoms with Crippen molar-refractivity contribution in [2.45, 2.75) is 37.8 Å². The Kier molecular flexibility index (Phi) is 6.14. The van der Waals surface area contributed by atoms with E-state index in [4.69, 9.17) is 29.0 Å². The molecule has 5 atom stereocenters. The van der Waals surface area contributed by atoms with Gasteiger partial charge in [0.2, 0.25) is 11.8 Å². The predicted octanol–water partition coefficient (Wildman–Crippen LogP) is 1.06. The van der Waals surface area contributed by atoms with Crippen LogP contribution in [0.1, 0.15) is 20.1 Å². The fourth-order valence-corrected chi connectivity index (χ4v) is 5.31. The largest absolute Gasteiger partial charge is 0.479 e. The summed E-state index contributed by atoms with van der Waals surface area (Å²) in [6, 6.07) is 0. The van der Waals surface area contributed by atoms with Gasteiger partial charge in [-0.25, -0.2) is 14.6 Å². The average molecular weight is 483 g/mol. The van der Waals surface area contributed by atoms with Crippen LogP contribution in [0.3, 0.4) is 0 Å². The summed E-state index contributed by atoms with van der Waals surface area (Å²) in [4.78, 5) is 27.1. The summed E-state index contributed by atoms with van der Waals surface area (Å²) in [5, 5.41) is 6.37. The fourth-order valence-electron chi connectivity index (χ4n) is 3.77. The van der Waals surface area contributed by atoms with Gasteiger partial charge in [0.25, 0.3) is 0 Å². The quantitative estimate of drug-likeness (QED) is 0.186. The molecule has 4 heterocycles. The molecular weight excluding hydrogens is 461 g/mol. The molecule has 2 aromatic rings. The number of carbonyl (C=O) groups excluding carboxylic acids is 1. The number of aromatic nitrogens is 4. The number of nitrogens with one attached hydrogen (secondary N) is 1. The lowest BCUT2D eigenvalue weighted by molar-refractivity contribution is -0.141. The highest BCUT2D eigenvalue weighted by atomic mass is 31.2. The molecule has 0 aromatic carbocycles. The molecule has 0 bridgehead atoms. The summed E-state index contributed by atoms with van der Waals surface area (Å²) in [7, 11) is -2.53. The smallest absolute Gasteiger partial charge is 0.406 e. The second-order valence-corrected chi connectivity index (χ2v) is 9.10. The number of carbonyl (C=O) groups is 1. The van der Waals surface area contributed by atoms with Gasteiger partial charge in [0.05, 0.1) is 26.7 Å². The minimum Gasteiger partial charge on any atom is -0.479 e. The van der Waals surface area contributed by atoms with E-state index >= 15 is 0 Å². The first-order valence-corrected chi connectivity index (χ1v) is 11.4. The summed E-state index contributed by atoms with van der Waals surface area (Å²) in [6.07, 6.45) is -1.32. The van der Waals surface area contributed by atoms with Gasteiger partial charge < -0.3 is 19.9 Å². The standard InChI is InChI=1S/C16H22N9O7P/c1-4-29-9(26)5-20-33(27)30-6-8-11(32-33)16(2,23-24-18)14(31-8)25-7-19-10-12(25)21-15(17)22-13(10)28-3/h7-8,11,14H,4-6H2,1-3H3,(H,20,27)(H2,17,21,22)/t8-,11-,14-,16-,33?/m1/s1. The van der Waals surface area contributed by atoms with Gasteiger partial charge >= 0.3 is 13.7 Å². The first-order chi connectivity index (χ1) is 15.7. The van der Waals surface area contributed by atoms with Crippen LogP contribution in [0, 0.1) is 0 Å². The summed E-state index contributed by atoms with van der Waals surface area (Å²) < 4.78 is 41.8. The molecule has 2 fully saturated rings. The lowest BCUT2D eigenvalue weighted by Gasteiger charge is -2.36. The summed E-state index contributed by atoms with van der Waals surface area (Å²) in [6.45, 7) is 2.84. The first-order valence-electron chi connectivity index (χ1n) is 9.84. The summed E-state index contributed by atoms with van der Waals surface area (Å²) >= 11 is 0. The van der Waals surface area contributed by atoms with Crippen LogP contribution in [0.2, 0.25) is 0 Å². The Morgan fingerprint density at radius 2 is 2.33 bits per heavy atom. The van der Waals surface area contributed by atoms with E-state index in [9.17, 15) is 14.9 Å². The van der Waals surface area contributed by atoms with Gasteiger partial charge in [-0.3, -0.25) is 18.4 Å². The molecule has 3 N–H and O–H groups in total. The number of rotatable bonds is 7. The van der Waals surface area contributed by atoms with E-state index in [-0.39, 0.29) is 30.7 Å². The first kappa shape index (κ1) is 23.2. The van der Waals surface area contributed by atoms with Crippen LogP contribution in [0.4, 0.5) is 5.95 Å². The van der Waals surface area contributed by atoms with Crippen molar-refractivity contribution in [2.24, 2.45) is 5.11 Å². The zero-order valence-corrected chi connectivity index (χ0v) is 18.8. The Morgan fingerprint density at radius 1 is 1.55 bits per heavy atom. The SMILES string of the molecule is CCOC(=O)CNP1(=O)OC[C@H]2O[C@@H](n3cnc4c(OC)nc(N)nc43)[C@](C)(N=[N+]=[N-])[C@@H]2O1. The van der Waals surface area contributed by atoms with Crippen LogP contribution in [-0.4, -0.2) is 70.1 Å². The van der Waals surface area contributed by atoms with Crippen molar-refractivity contribution in [1.29, 1.82) is 0 Å². The van der Waals surface area contributed by atoms with E-state index in [1.54, 1.807) is 13.8 Å². The van der Waals surface area contributed by atoms with Crippen molar-refractivity contribution in [3.05, 3.63) is 16.8 Å². The number of ether oxygens (including phenoxy) is 3. The number of fused-ring (bicyclic) bond motifs is 2. The number of hydrogen-bond donors (Lipinski definition) is 2. The molecule has 0 radical (unpaired) electrons. The Balaban J connectivity index is 1.68. The third-order valence-electron chi connectivity index (χ3n) is 5.21. The molecular formula is C16H22N9O7P. The van der Waals surface area contributed by atoms with Gasteiger partial charge in [0.1, 0.15) is 24.3 Å². The van der Waals surface area contributed by atoms with Crippen molar-refractivity contribution in [3.63, 3.8) is 0 Å². The molecule has 0 amide bonds. The minimum absolute atomic E-state index is 0.0609. The van der Waals surface area contributed by atoms with Crippen molar-refractivity contribution < 1.29 is 32.6 Å². The number of anilines is 1. The van der Waals surface area contributed by atoms with E-state index < -0.39 is 44.2 Å². The lowest BCUT2D eigenvalue weighted by atomic mass is 9.93. The highest BCUT2D eigenvalue weighted by molar-refractivity contribution is 7.51. The number of hydrogen-bond acceptors (Lipinski definition) is 12. The number of nitrogen functional groups attached to an aromatic ring is 1. The molecule has 1 unspecified atom stereocenters. The third kappa shape index (κ3) is 4.08. The molecule has 2 aliphatic heterocycles. The van der Waals surface area contributed by atoms with E-state index in [0.29, 0.717) is 5.52 Å². The molecule has 0 spiro atoms. The van der Waals surface area contributed by atoms with E-state index in [1.165, 1.54) is 18.0 Å². The lowest BCUT2D eigenvalue weighted by Crippen LogP contribution is -2.47. The number of methoxy groups -OCH3 is 1. The van der Waals surface area contributed by atoms with Crippen molar-refractivity contribution in [2.75, 3.05) is 32.6 Å². The van der Waals surface area contributed by atoms with Gasteiger partial charge in [-0.2, -0.15) is 9.97 Å². The van der Waals surface area contributed by atoms with Crippen LogP contribution in [0.25, 0.3) is 21.6 Å². The molecule has 178 valence electrons. The van der Waals surface area contributed by atoms with Gasteiger partial charge in [-0.15, -0.1) is 0 Å². The zero-order valence-electron chi connectivity index (χ0n) is 17.9. The average Bonchev–Trinajstić information content (AvgIpc) is 3.31. The Morgan fingerprint density at radius 3 is 3.03 bits per heavy atom. The van der Waals surface area contributed by atoms with Crippen LogP contribution in [-0.2, 0) is 27.9 Å². The molecule has 0 saturated carbocycles. The topological polar surface area (TPSA) is 211 Å². The normalized spacial score (nSPS) is 31.1. The Bertz CT molecular complexity index is 1170. The fraction of sp³-hybridized carbons (Fsp3) is 0.625. The maximum Gasteiger partial charge on any atom is 0.406 e. The molecule has 33 heavy (non-hydrogen) atoms. The number of esters is 1. The van der Waals surface area contributed by atoms with Crippen LogP contribution in [0.15, 0.2) is 11.4 Å². The van der Waals surface area contributed by atoms with Gasteiger partial charge in [-0.1, -0.05) is 5.11 Å². The summed E-state index contributed by atoms with van der Waals surface area (Å²) in [5.74, 6) is -0.532. The van der Waals surface area contributed by atoms with E-state index in [0.717, 1.165) is 0 Å². The predicted molar refractivity (Wildman–Crippen MR) is 111 cm³/mol. The Hall–Kier alpha value is -3.00. The van der Waals surface area contributed by atoms with Crippen LogP contribution >= 0.6 is 7.75 Å². The van der Waals surface area contributed by atoms with Gasteiger partial charge in [0, 0.05) is 4.91 Å². The zero-order chi connectivity index (χ0) is 23.8. The highest BCUT2D eigenvalue weighted by Crippen LogP contribution is 2.56. The number of nitrogens with zero attached hydrogens (tertiary/aromatic N) is 7. The van der Waals surface area contributed by atoms with Crippen LogP contribution < -0.4 is 15.6 Å². The van der Waals surface area contributed by atoms with Crippen molar-refractivity contribution >= 4 is 30.8 Å². The van der Waals surface area contributed by atoms with Gasteiger partial charge in [-0.05, 0) is 19.4 Å². The maximum absolute atomic E-state index is 13.1. The van der Waals surface area contributed by atoms with Crippen molar-refractivity contribution in [1.82, 2.24) is 24.6 Å². The Labute approximate surface area is 186 Å². The van der Waals surface area contributed by atoms with Crippen molar-refractivity contribution in [3.8, 4) is 5.88 Å².